The predicted molar refractivity (Wildman–Crippen MR) is 27.9 cm³/mol. The van der Waals surface area contributed by atoms with Gasteiger partial charge in [-0.2, -0.15) is 4.79 Å². The van der Waals surface area contributed by atoms with Crippen LogP contribution in [-0.2, 0) is 0 Å². The molecule has 38 valence electrons. The van der Waals surface area contributed by atoms with E-state index >= 15 is 0 Å². The van der Waals surface area contributed by atoms with E-state index in [0.717, 1.165) is 4.79 Å². The number of hydrogen-bond acceptors (Lipinski definition) is 3. The Bertz CT molecular complexity index is 142. The summed E-state index contributed by atoms with van der Waals surface area (Å²) in [7, 11) is 0. The Hall–Kier alpha value is -0.580. The van der Waals surface area contributed by atoms with Gasteiger partial charge >= 0.3 is 0 Å². The van der Waals surface area contributed by atoms with Crippen molar-refractivity contribution in [1.82, 2.24) is 15.1 Å². The predicted octanol–water partition coefficient (Wildman–Crippen LogP) is -0.246. The highest BCUT2D eigenvalue weighted by Crippen LogP contribution is 1.99. The molecule has 5 heteroatoms. The fourth-order valence-corrected chi connectivity index (χ4v) is 0.393. The Balaban J connectivity index is 3.12. The summed E-state index contributed by atoms with van der Waals surface area (Å²) in [6.07, 6.45) is 1.51. The number of nitrogens with two attached hydrogens (primary N) is 1. The fourth-order valence-electron chi connectivity index (χ4n) is 0.231. The third kappa shape index (κ3) is 0.714. The van der Waals surface area contributed by atoms with Crippen LogP contribution < -0.4 is 5.84 Å². The second kappa shape index (κ2) is 1.49. The van der Waals surface area contributed by atoms with Crippen molar-refractivity contribution in [2.45, 2.75) is 0 Å². The van der Waals surface area contributed by atoms with Gasteiger partial charge in [0, 0.05) is 0 Å². The molecule has 1 aromatic heterocycles. The number of nitrogen functional groups attached to an aromatic ring is 1. The second-order valence-electron chi connectivity index (χ2n) is 1.00. The van der Waals surface area contributed by atoms with Gasteiger partial charge in [-0.3, -0.25) is 0 Å². The molecule has 0 radical (unpaired) electrons. The van der Waals surface area contributed by atoms with Gasteiger partial charge in [-0.05, 0) is 21.1 Å². The Morgan fingerprint density at radius 1 is 1.86 bits per heavy atom. The highest BCUT2D eigenvalue weighted by molar-refractivity contribution is 9.10. The number of hydrogen-bond donors (Lipinski definition) is 1. The van der Waals surface area contributed by atoms with Crippen LogP contribution >= 0.6 is 15.9 Å². The van der Waals surface area contributed by atoms with Crippen LogP contribution in [0.15, 0.2) is 10.8 Å². The topological polar surface area (TPSA) is 56.7 Å². The monoisotopic (exact) mass is 162 g/mol. The quantitative estimate of drug-likeness (QED) is 0.536. The van der Waals surface area contributed by atoms with Crippen LogP contribution in [0.3, 0.4) is 0 Å². The smallest absolute Gasteiger partial charge is 0.147 e. The van der Waals surface area contributed by atoms with Gasteiger partial charge in [0.25, 0.3) is 0 Å². The summed E-state index contributed by atoms with van der Waals surface area (Å²) in [5.74, 6) is 5.14. The molecule has 0 saturated heterocycles. The molecule has 0 aliphatic rings. The maximum absolute atomic E-state index is 5.14. The van der Waals surface area contributed by atoms with Crippen molar-refractivity contribution in [2.75, 3.05) is 5.84 Å². The molecule has 0 unspecified atom stereocenters. The van der Waals surface area contributed by atoms with Crippen molar-refractivity contribution < 1.29 is 0 Å². The first-order valence-corrected chi connectivity index (χ1v) is 2.41. The fraction of sp³-hybridized carbons (Fsp3) is 0. The van der Waals surface area contributed by atoms with Crippen molar-refractivity contribution in [3.05, 3.63) is 10.8 Å². The first kappa shape index (κ1) is 4.58. The molecule has 7 heavy (non-hydrogen) atoms. The molecule has 0 amide bonds. The van der Waals surface area contributed by atoms with Crippen molar-refractivity contribution in [1.29, 1.82) is 0 Å². The SMILES string of the molecule is Nn1nncc1Br. The lowest BCUT2D eigenvalue weighted by atomic mass is 11.0. The highest BCUT2D eigenvalue weighted by atomic mass is 79.9. The third-order valence-electron chi connectivity index (χ3n) is 0.531. The average molecular weight is 163 g/mol. The Morgan fingerprint density at radius 2 is 2.57 bits per heavy atom. The summed E-state index contributed by atoms with van der Waals surface area (Å²) in [4.78, 5) is 1.14. The average Bonchev–Trinajstić information content (AvgIpc) is 1.91. The number of halogens is 1. The molecule has 1 heterocycles. The van der Waals surface area contributed by atoms with Gasteiger partial charge in [-0.1, -0.05) is 0 Å². The molecule has 4 nitrogen and oxygen atoms in total. The van der Waals surface area contributed by atoms with Crippen LogP contribution in [0, 0.1) is 0 Å². The van der Waals surface area contributed by atoms with E-state index in [9.17, 15) is 0 Å². The molecule has 1 rings (SSSR count). The van der Waals surface area contributed by atoms with Crippen LogP contribution in [0.5, 0.6) is 0 Å². The standard InChI is InChI=1S/C2H3BrN4/c3-2-1-5-6-7(2)4/h1H,4H2. The molecule has 1 aromatic rings. The molecule has 0 saturated carbocycles. The summed E-state index contributed by atoms with van der Waals surface area (Å²) >= 11 is 3.08. The van der Waals surface area contributed by atoms with Crippen LogP contribution in [-0.4, -0.2) is 15.1 Å². The lowest BCUT2D eigenvalue weighted by Crippen LogP contribution is -2.09. The van der Waals surface area contributed by atoms with E-state index in [4.69, 9.17) is 5.84 Å². The maximum atomic E-state index is 5.14. The van der Waals surface area contributed by atoms with Crippen molar-refractivity contribution in [2.24, 2.45) is 0 Å². The highest BCUT2D eigenvalue weighted by Gasteiger charge is 1.88. The number of aromatic nitrogens is 3. The zero-order valence-electron chi connectivity index (χ0n) is 3.37. The molecule has 0 spiro atoms. The minimum Gasteiger partial charge on any atom is -0.321 e. The lowest BCUT2D eigenvalue weighted by Gasteiger charge is -1.83. The lowest BCUT2D eigenvalue weighted by molar-refractivity contribution is 0.753. The van der Waals surface area contributed by atoms with Crippen LogP contribution in [0.25, 0.3) is 0 Å². The van der Waals surface area contributed by atoms with Gasteiger partial charge in [0.05, 0.1) is 6.20 Å². The van der Waals surface area contributed by atoms with Crippen LogP contribution in [0.2, 0.25) is 0 Å². The maximum Gasteiger partial charge on any atom is 0.147 e. The molecular weight excluding hydrogens is 160 g/mol. The molecule has 0 fully saturated rings. The first-order chi connectivity index (χ1) is 3.30. The Morgan fingerprint density at radius 3 is 2.71 bits per heavy atom. The van der Waals surface area contributed by atoms with Crippen molar-refractivity contribution in [3.63, 3.8) is 0 Å². The number of rotatable bonds is 0. The van der Waals surface area contributed by atoms with E-state index in [1.165, 1.54) is 6.20 Å². The van der Waals surface area contributed by atoms with E-state index in [2.05, 4.69) is 26.2 Å². The Kier molecular flexibility index (Phi) is 0.976. The van der Waals surface area contributed by atoms with E-state index in [1.54, 1.807) is 0 Å². The normalized spacial score (nSPS) is 9.29. The summed E-state index contributed by atoms with van der Waals surface area (Å²) in [5.41, 5.74) is 0. The summed E-state index contributed by atoms with van der Waals surface area (Å²) in [5, 5.41) is 6.88. The van der Waals surface area contributed by atoms with Crippen molar-refractivity contribution in [3.8, 4) is 0 Å². The third-order valence-corrected chi connectivity index (χ3v) is 1.10. The van der Waals surface area contributed by atoms with E-state index in [-0.39, 0.29) is 0 Å². The van der Waals surface area contributed by atoms with Crippen LogP contribution in [0.1, 0.15) is 0 Å². The molecule has 0 aliphatic carbocycles. The Labute approximate surface area is 48.4 Å². The molecule has 0 atom stereocenters. The van der Waals surface area contributed by atoms with E-state index in [1.807, 2.05) is 0 Å². The van der Waals surface area contributed by atoms with Gasteiger partial charge < -0.3 is 5.84 Å². The number of nitrogens with zero attached hydrogens (tertiary/aromatic N) is 3. The molecule has 0 aromatic carbocycles. The van der Waals surface area contributed by atoms with E-state index < -0.39 is 0 Å². The second-order valence-corrected chi connectivity index (χ2v) is 1.81. The minimum absolute atomic E-state index is 0.674. The molecule has 2 N–H and O–H groups in total. The van der Waals surface area contributed by atoms with Crippen LogP contribution in [0.4, 0.5) is 0 Å². The van der Waals surface area contributed by atoms with Gasteiger partial charge in [-0.25, -0.2) is 0 Å². The minimum atomic E-state index is 0.674. The summed E-state index contributed by atoms with van der Waals surface area (Å²) in [6.45, 7) is 0. The molecule has 0 bridgehead atoms. The van der Waals surface area contributed by atoms with E-state index in [0.29, 0.717) is 4.60 Å². The molecular formula is C2H3BrN4. The zero-order valence-corrected chi connectivity index (χ0v) is 4.96. The zero-order chi connectivity index (χ0) is 5.28. The van der Waals surface area contributed by atoms with Gasteiger partial charge in [0.2, 0.25) is 0 Å². The largest absolute Gasteiger partial charge is 0.321 e. The van der Waals surface area contributed by atoms with Gasteiger partial charge in [0.1, 0.15) is 4.60 Å². The molecule has 0 aliphatic heterocycles. The summed E-state index contributed by atoms with van der Waals surface area (Å²) < 4.78 is 0.674. The van der Waals surface area contributed by atoms with Gasteiger partial charge in [0.15, 0.2) is 0 Å². The van der Waals surface area contributed by atoms with Crippen molar-refractivity contribution >= 4 is 15.9 Å². The summed E-state index contributed by atoms with van der Waals surface area (Å²) in [6, 6.07) is 0. The first-order valence-electron chi connectivity index (χ1n) is 1.62. The van der Waals surface area contributed by atoms with Gasteiger partial charge in [-0.15, -0.1) is 5.10 Å².